The van der Waals surface area contributed by atoms with Gasteiger partial charge in [0.2, 0.25) is 11.7 Å². The first-order valence-electron chi connectivity index (χ1n) is 9.12. The Balaban J connectivity index is 1.22. The molecule has 4 rings (SSSR count). The fourth-order valence-corrected chi connectivity index (χ4v) is 3.04. The number of aromatic nitrogens is 3. The molecule has 28 heavy (non-hydrogen) atoms. The summed E-state index contributed by atoms with van der Waals surface area (Å²) in [5, 5.41) is 6.96. The molecule has 0 unspecified atom stereocenters. The lowest BCUT2D eigenvalue weighted by Gasteiger charge is -2.36. The average molecular weight is 379 g/mol. The summed E-state index contributed by atoms with van der Waals surface area (Å²) >= 11 is 0. The molecule has 8 heteroatoms. The van der Waals surface area contributed by atoms with Crippen molar-refractivity contribution in [1.29, 1.82) is 0 Å². The molecule has 1 aliphatic heterocycles. The van der Waals surface area contributed by atoms with E-state index < -0.39 is 0 Å². The van der Waals surface area contributed by atoms with E-state index in [0.717, 1.165) is 23.3 Å². The molecule has 0 aliphatic carbocycles. The zero-order chi connectivity index (χ0) is 19.3. The van der Waals surface area contributed by atoms with E-state index in [9.17, 15) is 4.79 Å². The van der Waals surface area contributed by atoms with Crippen molar-refractivity contribution in [3.63, 3.8) is 0 Å². The molecule has 3 heterocycles. The van der Waals surface area contributed by atoms with Gasteiger partial charge in [-0.1, -0.05) is 17.3 Å². The Kier molecular flexibility index (Phi) is 5.18. The van der Waals surface area contributed by atoms with Crippen molar-refractivity contribution >= 4 is 6.03 Å². The number of nitrogens with zero attached hydrogens (tertiary/aromatic N) is 4. The van der Waals surface area contributed by atoms with Crippen molar-refractivity contribution in [2.45, 2.75) is 12.3 Å². The van der Waals surface area contributed by atoms with Crippen LogP contribution in [0.2, 0.25) is 0 Å². The number of likely N-dealkylation sites (tertiary alicyclic amines) is 1. The lowest BCUT2D eigenvalue weighted by molar-refractivity contribution is 0.137. The van der Waals surface area contributed by atoms with Crippen LogP contribution in [0, 0.1) is 0 Å². The number of carbonyl (C=O) groups is 1. The highest BCUT2D eigenvalue weighted by molar-refractivity contribution is 5.75. The molecule has 8 nitrogen and oxygen atoms in total. The molecular formula is C20H21N5O3. The highest BCUT2D eigenvalue weighted by Gasteiger charge is 2.35. The Bertz CT molecular complexity index is 921. The molecule has 1 fully saturated rings. The first kappa shape index (κ1) is 18.0. The predicted molar refractivity (Wildman–Crippen MR) is 102 cm³/mol. The van der Waals surface area contributed by atoms with E-state index in [2.05, 4.69) is 20.4 Å². The molecule has 0 saturated carbocycles. The molecule has 3 aromatic rings. The van der Waals surface area contributed by atoms with E-state index in [1.165, 1.54) is 0 Å². The lowest BCUT2D eigenvalue weighted by atomic mass is 10.0. The van der Waals surface area contributed by atoms with Gasteiger partial charge in [-0.25, -0.2) is 4.79 Å². The summed E-state index contributed by atoms with van der Waals surface area (Å²) in [5.74, 6) is 2.01. The fraction of sp³-hybridized carbons (Fsp3) is 0.300. The van der Waals surface area contributed by atoms with Crippen molar-refractivity contribution < 1.29 is 14.1 Å². The van der Waals surface area contributed by atoms with Crippen LogP contribution in [0.3, 0.4) is 0 Å². The van der Waals surface area contributed by atoms with Crippen molar-refractivity contribution in [3.8, 4) is 17.1 Å². The highest BCUT2D eigenvalue weighted by Crippen LogP contribution is 2.27. The van der Waals surface area contributed by atoms with E-state index in [4.69, 9.17) is 9.26 Å². The van der Waals surface area contributed by atoms with Crippen LogP contribution in [0.5, 0.6) is 5.75 Å². The fourth-order valence-electron chi connectivity index (χ4n) is 3.04. The molecule has 0 bridgehead atoms. The predicted octanol–water partition coefficient (Wildman–Crippen LogP) is 2.49. The highest BCUT2D eigenvalue weighted by atomic mass is 16.5. The van der Waals surface area contributed by atoms with E-state index in [1.807, 2.05) is 36.4 Å². The van der Waals surface area contributed by atoms with Crippen LogP contribution in [0.25, 0.3) is 11.4 Å². The molecule has 2 amide bonds. The summed E-state index contributed by atoms with van der Waals surface area (Å²) in [6.07, 6.45) is 4.14. The van der Waals surface area contributed by atoms with Gasteiger partial charge in [0, 0.05) is 37.6 Å². The summed E-state index contributed by atoms with van der Waals surface area (Å²) in [5.41, 5.74) is 2.01. The number of urea groups is 1. The largest absolute Gasteiger partial charge is 0.497 e. The Hall–Kier alpha value is -3.42. The van der Waals surface area contributed by atoms with Crippen molar-refractivity contribution in [1.82, 2.24) is 25.3 Å². The van der Waals surface area contributed by atoms with E-state index in [0.29, 0.717) is 31.3 Å². The van der Waals surface area contributed by atoms with Crippen LogP contribution in [0.1, 0.15) is 17.4 Å². The molecule has 0 radical (unpaired) electrons. The number of hydrogen-bond donors (Lipinski definition) is 1. The number of methoxy groups -OCH3 is 1. The average Bonchev–Trinajstić information content (AvgIpc) is 3.18. The third kappa shape index (κ3) is 3.95. The number of benzene rings is 1. The second-order valence-electron chi connectivity index (χ2n) is 6.62. The molecule has 1 N–H and O–H groups in total. The second-order valence-corrected chi connectivity index (χ2v) is 6.62. The van der Waals surface area contributed by atoms with Crippen molar-refractivity contribution in [2.75, 3.05) is 26.7 Å². The van der Waals surface area contributed by atoms with Gasteiger partial charge in [0.1, 0.15) is 5.75 Å². The Morgan fingerprint density at radius 1 is 1.21 bits per heavy atom. The van der Waals surface area contributed by atoms with Gasteiger partial charge in [-0.2, -0.15) is 4.98 Å². The van der Waals surface area contributed by atoms with Crippen LogP contribution >= 0.6 is 0 Å². The van der Waals surface area contributed by atoms with Gasteiger partial charge in [0.15, 0.2) is 0 Å². The van der Waals surface area contributed by atoms with E-state index in [1.54, 1.807) is 24.4 Å². The molecular weight excluding hydrogens is 358 g/mol. The first-order chi connectivity index (χ1) is 13.7. The van der Waals surface area contributed by atoms with Crippen molar-refractivity contribution in [2.24, 2.45) is 0 Å². The van der Waals surface area contributed by atoms with Crippen LogP contribution < -0.4 is 10.1 Å². The molecule has 1 saturated heterocycles. The van der Waals surface area contributed by atoms with Gasteiger partial charge in [-0.05, 0) is 36.2 Å². The molecule has 0 spiro atoms. The maximum atomic E-state index is 12.2. The Morgan fingerprint density at radius 2 is 1.96 bits per heavy atom. The summed E-state index contributed by atoms with van der Waals surface area (Å²) < 4.78 is 10.5. The zero-order valence-corrected chi connectivity index (χ0v) is 15.5. The normalized spacial score (nSPS) is 13.8. The first-order valence-corrected chi connectivity index (χ1v) is 9.12. The van der Waals surface area contributed by atoms with Gasteiger partial charge < -0.3 is 19.5 Å². The molecule has 1 aromatic carbocycles. The van der Waals surface area contributed by atoms with Gasteiger partial charge in [-0.15, -0.1) is 0 Å². The van der Waals surface area contributed by atoms with Gasteiger partial charge in [0.25, 0.3) is 0 Å². The monoisotopic (exact) mass is 379 g/mol. The minimum absolute atomic E-state index is 0.0707. The summed E-state index contributed by atoms with van der Waals surface area (Å²) in [4.78, 5) is 22.4. The third-order valence-electron chi connectivity index (χ3n) is 4.75. The molecule has 2 aromatic heterocycles. The minimum atomic E-state index is -0.0707. The lowest BCUT2D eigenvalue weighted by Crippen LogP contribution is -2.52. The molecule has 144 valence electrons. The Morgan fingerprint density at radius 3 is 2.68 bits per heavy atom. The summed E-state index contributed by atoms with van der Waals surface area (Å²) in [7, 11) is 1.64. The molecule has 0 atom stereocenters. The Labute approximate surface area is 162 Å². The standard InChI is InChI=1S/C20H21N5O3/c1-27-17-4-2-14(3-5-17)6-11-22-20(26)25-12-16(13-25)19-23-18(24-28-19)15-7-9-21-10-8-15/h2-5,7-10,16H,6,11-13H2,1H3,(H,22,26). The molecule has 1 aliphatic rings. The topological polar surface area (TPSA) is 93.4 Å². The zero-order valence-electron chi connectivity index (χ0n) is 15.5. The van der Waals surface area contributed by atoms with Gasteiger partial charge >= 0.3 is 6.03 Å². The number of hydrogen-bond acceptors (Lipinski definition) is 6. The number of carbonyl (C=O) groups excluding carboxylic acids is 1. The third-order valence-corrected chi connectivity index (χ3v) is 4.75. The number of nitrogens with one attached hydrogen (secondary N) is 1. The van der Waals surface area contributed by atoms with Crippen LogP contribution in [0.15, 0.2) is 53.3 Å². The number of pyridine rings is 1. The van der Waals surface area contributed by atoms with Crippen LogP contribution in [0.4, 0.5) is 4.79 Å². The van der Waals surface area contributed by atoms with E-state index in [-0.39, 0.29) is 11.9 Å². The van der Waals surface area contributed by atoms with E-state index >= 15 is 0 Å². The maximum absolute atomic E-state index is 12.2. The summed E-state index contributed by atoms with van der Waals surface area (Å²) in [6, 6.07) is 11.4. The smallest absolute Gasteiger partial charge is 0.317 e. The maximum Gasteiger partial charge on any atom is 0.317 e. The quantitative estimate of drug-likeness (QED) is 0.707. The second kappa shape index (κ2) is 8.08. The SMILES string of the molecule is COc1ccc(CCNC(=O)N2CC(c3nc(-c4ccncc4)no3)C2)cc1. The van der Waals surface area contributed by atoms with Crippen molar-refractivity contribution in [3.05, 3.63) is 60.2 Å². The van der Waals surface area contributed by atoms with Crippen LogP contribution in [-0.4, -0.2) is 52.8 Å². The minimum Gasteiger partial charge on any atom is -0.497 e. The van der Waals surface area contributed by atoms with Gasteiger partial charge in [0.05, 0.1) is 13.0 Å². The summed E-state index contributed by atoms with van der Waals surface area (Å²) in [6.45, 7) is 1.73. The van der Waals surface area contributed by atoms with Gasteiger partial charge in [-0.3, -0.25) is 4.98 Å². The van der Waals surface area contributed by atoms with Crippen LogP contribution in [-0.2, 0) is 6.42 Å². The number of amides is 2. The number of ether oxygens (including phenoxy) is 1. The number of rotatable bonds is 6.